The SMILES string of the molecule is CN1CCCC1CCOC(=O)Nc1ccc(Cl)cc1-c1cccc(Cl)c1. The van der Waals surface area contributed by atoms with E-state index in [1.165, 1.54) is 6.42 Å². The van der Waals surface area contributed by atoms with Gasteiger partial charge in [-0.1, -0.05) is 35.3 Å². The summed E-state index contributed by atoms with van der Waals surface area (Å²) in [5.74, 6) is 0. The van der Waals surface area contributed by atoms with Crippen molar-refractivity contribution in [3.63, 3.8) is 0 Å². The van der Waals surface area contributed by atoms with E-state index < -0.39 is 6.09 Å². The first-order valence-electron chi connectivity index (χ1n) is 8.72. The van der Waals surface area contributed by atoms with Crippen molar-refractivity contribution in [2.45, 2.75) is 25.3 Å². The lowest BCUT2D eigenvalue weighted by Crippen LogP contribution is -2.27. The van der Waals surface area contributed by atoms with Crippen LogP contribution in [-0.4, -0.2) is 37.2 Å². The van der Waals surface area contributed by atoms with Crippen molar-refractivity contribution in [1.29, 1.82) is 0 Å². The number of carbonyl (C=O) groups excluding carboxylic acids is 1. The maximum atomic E-state index is 12.2. The molecule has 1 aliphatic heterocycles. The molecular formula is C20H22Cl2N2O2. The standard InChI is InChI=1S/C20H22Cl2N2O2/c1-24-10-3-6-17(24)9-11-26-20(25)23-19-8-7-16(22)13-18(19)14-4-2-5-15(21)12-14/h2,4-5,7-8,12-13,17H,3,6,9-11H2,1H3,(H,23,25). The van der Waals surface area contributed by atoms with Gasteiger partial charge in [0.05, 0.1) is 12.3 Å². The minimum atomic E-state index is -0.462. The number of rotatable bonds is 5. The molecule has 1 aliphatic rings. The lowest BCUT2D eigenvalue weighted by Gasteiger charge is -2.19. The first-order chi connectivity index (χ1) is 12.5. The van der Waals surface area contributed by atoms with E-state index in [0.717, 1.165) is 30.5 Å². The molecule has 6 heteroatoms. The van der Waals surface area contributed by atoms with Crippen LogP contribution in [0.4, 0.5) is 10.5 Å². The van der Waals surface area contributed by atoms with Gasteiger partial charge in [-0.2, -0.15) is 0 Å². The summed E-state index contributed by atoms with van der Waals surface area (Å²) in [4.78, 5) is 14.5. The second kappa shape index (κ2) is 8.76. The van der Waals surface area contributed by atoms with Crippen molar-refractivity contribution in [2.75, 3.05) is 25.5 Å². The molecule has 0 aliphatic carbocycles. The molecule has 26 heavy (non-hydrogen) atoms. The highest BCUT2D eigenvalue weighted by molar-refractivity contribution is 6.31. The Morgan fingerprint density at radius 3 is 2.77 bits per heavy atom. The molecule has 0 aromatic heterocycles. The molecule has 1 fully saturated rings. The minimum absolute atomic E-state index is 0.404. The molecule has 1 unspecified atom stereocenters. The number of carbonyl (C=O) groups is 1. The number of likely N-dealkylation sites (tertiary alicyclic amines) is 1. The van der Waals surface area contributed by atoms with Gasteiger partial charge in [0.2, 0.25) is 0 Å². The van der Waals surface area contributed by atoms with Crippen LogP contribution in [0.2, 0.25) is 10.0 Å². The number of hydrogen-bond donors (Lipinski definition) is 1. The Morgan fingerprint density at radius 1 is 1.23 bits per heavy atom. The molecule has 0 bridgehead atoms. The summed E-state index contributed by atoms with van der Waals surface area (Å²) in [5.41, 5.74) is 2.31. The van der Waals surface area contributed by atoms with Crippen LogP contribution in [-0.2, 0) is 4.74 Å². The van der Waals surface area contributed by atoms with Crippen LogP contribution in [0.1, 0.15) is 19.3 Å². The fourth-order valence-electron chi connectivity index (χ4n) is 3.30. The van der Waals surface area contributed by atoms with Crippen LogP contribution in [0.3, 0.4) is 0 Å². The number of nitrogens with zero attached hydrogens (tertiary/aromatic N) is 1. The van der Waals surface area contributed by atoms with Crippen LogP contribution in [0.25, 0.3) is 11.1 Å². The predicted molar refractivity (Wildman–Crippen MR) is 107 cm³/mol. The number of hydrogen-bond acceptors (Lipinski definition) is 3. The topological polar surface area (TPSA) is 41.6 Å². The average Bonchev–Trinajstić information content (AvgIpc) is 3.01. The monoisotopic (exact) mass is 392 g/mol. The third-order valence-electron chi connectivity index (χ3n) is 4.71. The summed E-state index contributed by atoms with van der Waals surface area (Å²) in [6.07, 6.45) is 2.76. The van der Waals surface area contributed by atoms with Gasteiger partial charge in [0, 0.05) is 21.7 Å². The van der Waals surface area contributed by atoms with Gasteiger partial charge in [-0.3, -0.25) is 5.32 Å². The Kier molecular flexibility index (Phi) is 6.41. The average molecular weight is 393 g/mol. The summed E-state index contributed by atoms with van der Waals surface area (Å²) in [6.45, 7) is 1.52. The number of amides is 1. The Balaban J connectivity index is 1.64. The molecule has 4 nitrogen and oxygen atoms in total. The van der Waals surface area contributed by atoms with Gasteiger partial charge in [0.25, 0.3) is 0 Å². The van der Waals surface area contributed by atoms with Crippen molar-refractivity contribution in [3.8, 4) is 11.1 Å². The largest absolute Gasteiger partial charge is 0.449 e. The van der Waals surface area contributed by atoms with Gasteiger partial charge in [0.15, 0.2) is 0 Å². The highest BCUT2D eigenvalue weighted by atomic mass is 35.5. The third kappa shape index (κ3) is 4.91. The highest BCUT2D eigenvalue weighted by Crippen LogP contribution is 2.32. The maximum Gasteiger partial charge on any atom is 0.411 e. The first kappa shape index (κ1) is 19.0. The Morgan fingerprint density at radius 2 is 2.04 bits per heavy atom. The molecule has 1 N–H and O–H groups in total. The van der Waals surface area contributed by atoms with Gasteiger partial charge in [-0.25, -0.2) is 4.79 Å². The Hall–Kier alpha value is -1.75. The summed E-state index contributed by atoms with van der Waals surface area (Å²) < 4.78 is 5.37. The zero-order valence-corrected chi connectivity index (χ0v) is 16.2. The lowest BCUT2D eigenvalue weighted by molar-refractivity contribution is 0.147. The second-order valence-electron chi connectivity index (χ2n) is 6.53. The number of benzene rings is 2. The van der Waals surface area contributed by atoms with E-state index in [2.05, 4.69) is 17.3 Å². The zero-order valence-electron chi connectivity index (χ0n) is 14.7. The van der Waals surface area contributed by atoms with Gasteiger partial charge >= 0.3 is 6.09 Å². The van der Waals surface area contributed by atoms with Gasteiger partial charge in [0.1, 0.15) is 0 Å². The maximum absolute atomic E-state index is 12.2. The van der Waals surface area contributed by atoms with E-state index in [-0.39, 0.29) is 0 Å². The molecule has 2 aromatic carbocycles. The molecule has 1 saturated heterocycles. The van der Waals surface area contributed by atoms with Crippen molar-refractivity contribution in [3.05, 3.63) is 52.5 Å². The molecule has 138 valence electrons. The third-order valence-corrected chi connectivity index (χ3v) is 5.18. The summed E-state index contributed by atoms with van der Waals surface area (Å²) >= 11 is 12.2. The molecule has 2 aromatic rings. The van der Waals surface area contributed by atoms with Crippen molar-refractivity contribution in [1.82, 2.24) is 4.90 Å². The van der Waals surface area contributed by atoms with Crippen molar-refractivity contribution < 1.29 is 9.53 Å². The number of ether oxygens (including phenoxy) is 1. The van der Waals surface area contributed by atoms with Crippen LogP contribution >= 0.6 is 23.2 Å². The molecule has 1 amide bonds. The molecule has 1 atom stereocenters. The number of halogens is 2. The summed E-state index contributed by atoms with van der Waals surface area (Å²) in [7, 11) is 2.11. The molecule has 0 saturated carbocycles. The molecule has 0 spiro atoms. The highest BCUT2D eigenvalue weighted by Gasteiger charge is 2.21. The predicted octanol–water partition coefficient (Wildman–Crippen LogP) is 5.69. The van der Waals surface area contributed by atoms with E-state index >= 15 is 0 Å². The van der Waals surface area contributed by atoms with Crippen LogP contribution in [0, 0.1) is 0 Å². The zero-order chi connectivity index (χ0) is 18.5. The van der Waals surface area contributed by atoms with Crippen molar-refractivity contribution in [2.24, 2.45) is 0 Å². The number of anilines is 1. The molecule has 0 radical (unpaired) electrons. The molecule has 1 heterocycles. The smallest absolute Gasteiger partial charge is 0.411 e. The lowest BCUT2D eigenvalue weighted by atomic mass is 10.0. The first-order valence-corrected chi connectivity index (χ1v) is 9.48. The van der Waals surface area contributed by atoms with Crippen molar-refractivity contribution >= 4 is 35.0 Å². The van der Waals surface area contributed by atoms with E-state index in [4.69, 9.17) is 27.9 Å². The fourth-order valence-corrected chi connectivity index (χ4v) is 3.66. The second-order valence-corrected chi connectivity index (χ2v) is 7.40. The van der Waals surface area contributed by atoms with E-state index in [0.29, 0.717) is 28.4 Å². The van der Waals surface area contributed by atoms with Gasteiger partial charge < -0.3 is 9.64 Å². The van der Waals surface area contributed by atoms with Crippen LogP contribution < -0.4 is 5.32 Å². The quantitative estimate of drug-likeness (QED) is 0.709. The normalized spacial score (nSPS) is 17.3. The number of nitrogens with one attached hydrogen (secondary N) is 1. The molecular weight excluding hydrogens is 371 g/mol. The van der Waals surface area contributed by atoms with Crippen LogP contribution in [0.15, 0.2) is 42.5 Å². The van der Waals surface area contributed by atoms with E-state index in [1.807, 2.05) is 18.2 Å². The summed E-state index contributed by atoms with van der Waals surface area (Å²) in [5, 5.41) is 4.02. The van der Waals surface area contributed by atoms with E-state index in [1.54, 1.807) is 24.3 Å². The van der Waals surface area contributed by atoms with E-state index in [9.17, 15) is 4.79 Å². The van der Waals surface area contributed by atoms with Gasteiger partial charge in [-0.15, -0.1) is 0 Å². The summed E-state index contributed by atoms with van der Waals surface area (Å²) in [6, 6.07) is 13.2. The molecule has 3 rings (SSSR count). The van der Waals surface area contributed by atoms with Crippen LogP contribution in [0.5, 0.6) is 0 Å². The Labute approximate surface area is 164 Å². The fraction of sp³-hybridized carbons (Fsp3) is 0.350. The van der Waals surface area contributed by atoms with Gasteiger partial charge in [-0.05, 0) is 68.8 Å². The Bertz CT molecular complexity index is 782. The minimum Gasteiger partial charge on any atom is -0.449 e.